The molecule has 2 atom stereocenters. The minimum Gasteiger partial charge on any atom is -0.383 e. The van der Waals surface area contributed by atoms with Crippen molar-refractivity contribution in [2.45, 2.75) is 38.3 Å². The zero-order valence-corrected chi connectivity index (χ0v) is 14.5. The maximum absolute atomic E-state index is 12.5. The molecule has 0 aliphatic carbocycles. The van der Waals surface area contributed by atoms with Gasteiger partial charge in [-0.3, -0.25) is 9.59 Å². The van der Waals surface area contributed by atoms with Crippen LogP contribution in [0.1, 0.15) is 26.2 Å². The van der Waals surface area contributed by atoms with Crippen molar-refractivity contribution in [1.29, 1.82) is 0 Å². The summed E-state index contributed by atoms with van der Waals surface area (Å²) in [5.74, 6) is -0.505. The summed E-state index contributed by atoms with van der Waals surface area (Å²) >= 11 is 0. The molecule has 9 heteroatoms. The molecule has 2 rings (SSSR count). The van der Waals surface area contributed by atoms with E-state index in [9.17, 15) is 18.0 Å². The van der Waals surface area contributed by atoms with E-state index in [4.69, 9.17) is 4.74 Å². The van der Waals surface area contributed by atoms with Gasteiger partial charge in [-0.1, -0.05) is 0 Å². The topological polar surface area (TPSA) is 96.3 Å². The summed E-state index contributed by atoms with van der Waals surface area (Å²) in [6.07, 6.45) is 0.820. The third kappa shape index (κ3) is 4.08. The first-order chi connectivity index (χ1) is 10.7. The van der Waals surface area contributed by atoms with Crippen LogP contribution in [0.2, 0.25) is 0 Å². The summed E-state index contributed by atoms with van der Waals surface area (Å²) in [5, 5.41) is 5.38. The van der Waals surface area contributed by atoms with Crippen molar-refractivity contribution in [2.24, 2.45) is 5.10 Å². The zero-order chi connectivity index (χ0) is 17.2. The van der Waals surface area contributed by atoms with Gasteiger partial charge in [-0.2, -0.15) is 5.10 Å². The molecule has 0 aromatic heterocycles. The molecule has 2 aliphatic rings. The number of carbonyl (C=O) groups is 2. The molecule has 0 N–H and O–H groups in total. The van der Waals surface area contributed by atoms with Gasteiger partial charge in [0.05, 0.1) is 30.2 Å². The van der Waals surface area contributed by atoms with Crippen molar-refractivity contribution in [3.63, 3.8) is 0 Å². The molecule has 8 nitrogen and oxygen atoms in total. The van der Waals surface area contributed by atoms with Crippen molar-refractivity contribution < 1.29 is 22.7 Å². The van der Waals surface area contributed by atoms with E-state index in [0.29, 0.717) is 18.7 Å². The van der Waals surface area contributed by atoms with E-state index in [1.165, 1.54) is 9.91 Å². The Labute approximate surface area is 136 Å². The fourth-order valence-corrected chi connectivity index (χ4v) is 4.43. The normalized spacial score (nSPS) is 25.2. The highest BCUT2D eigenvalue weighted by molar-refractivity contribution is 7.91. The van der Waals surface area contributed by atoms with Crippen LogP contribution in [0.15, 0.2) is 5.10 Å². The second-order valence-corrected chi connectivity index (χ2v) is 8.29. The first kappa shape index (κ1) is 17.9. The average Bonchev–Trinajstić information content (AvgIpc) is 2.86. The molecular formula is C14H23N3O5S. The Bertz CT molecular complexity index is 616. The van der Waals surface area contributed by atoms with E-state index in [-0.39, 0.29) is 42.2 Å². The Morgan fingerprint density at radius 1 is 1.48 bits per heavy atom. The fourth-order valence-electron chi connectivity index (χ4n) is 2.74. The van der Waals surface area contributed by atoms with Crippen LogP contribution in [0.5, 0.6) is 0 Å². The number of carbonyl (C=O) groups excluding carboxylic acids is 2. The number of hydrogen-bond donors (Lipinski definition) is 0. The lowest BCUT2D eigenvalue weighted by Gasteiger charge is -2.30. The largest absolute Gasteiger partial charge is 0.383 e. The minimum absolute atomic E-state index is 0.0605. The van der Waals surface area contributed by atoms with Crippen molar-refractivity contribution in [3.8, 4) is 0 Å². The predicted octanol–water partition coefficient (Wildman–Crippen LogP) is -0.355. The summed E-state index contributed by atoms with van der Waals surface area (Å²) in [5.41, 5.74) is 0.291. The Hall–Kier alpha value is -1.48. The monoisotopic (exact) mass is 345 g/mol. The SMILES string of the molecule is COC[C@@H](C)N(C)C(=O)C1=NN([C@H]2CCS(=O)(=O)C2)C(=O)CC1. The number of methoxy groups -OCH3 is 1. The number of rotatable bonds is 5. The molecule has 2 heterocycles. The van der Waals surface area contributed by atoms with E-state index < -0.39 is 15.9 Å². The maximum Gasteiger partial charge on any atom is 0.270 e. The zero-order valence-electron chi connectivity index (χ0n) is 13.7. The third-order valence-corrected chi connectivity index (χ3v) is 6.00. The van der Waals surface area contributed by atoms with E-state index in [1.54, 1.807) is 14.2 Å². The minimum atomic E-state index is -3.12. The summed E-state index contributed by atoms with van der Waals surface area (Å²) in [4.78, 5) is 26.1. The maximum atomic E-state index is 12.5. The number of hydrogen-bond acceptors (Lipinski definition) is 6. The quantitative estimate of drug-likeness (QED) is 0.678. The molecule has 1 saturated heterocycles. The molecule has 0 aromatic carbocycles. The molecule has 0 radical (unpaired) electrons. The van der Waals surface area contributed by atoms with Crippen molar-refractivity contribution in [3.05, 3.63) is 0 Å². The van der Waals surface area contributed by atoms with Gasteiger partial charge in [0, 0.05) is 27.0 Å². The predicted molar refractivity (Wildman–Crippen MR) is 84.7 cm³/mol. The molecule has 0 unspecified atom stereocenters. The van der Waals surface area contributed by atoms with Crippen molar-refractivity contribution in [2.75, 3.05) is 32.3 Å². The van der Waals surface area contributed by atoms with Gasteiger partial charge in [0.25, 0.3) is 5.91 Å². The number of sulfone groups is 1. The molecule has 0 saturated carbocycles. The van der Waals surface area contributed by atoms with Crippen LogP contribution in [-0.2, 0) is 24.2 Å². The Morgan fingerprint density at radius 2 is 2.17 bits per heavy atom. The lowest BCUT2D eigenvalue weighted by molar-refractivity contribution is -0.134. The van der Waals surface area contributed by atoms with Gasteiger partial charge in [0.2, 0.25) is 5.91 Å². The van der Waals surface area contributed by atoms with Gasteiger partial charge in [-0.05, 0) is 13.3 Å². The second kappa shape index (κ2) is 6.96. The Morgan fingerprint density at radius 3 is 2.74 bits per heavy atom. The number of hydrazone groups is 1. The van der Waals surface area contributed by atoms with Crippen molar-refractivity contribution >= 4 is 27.4 Å². The van der Waals surface area contributed by atoms with Gasteiger partial charge < -0.3 is 9.64 Å². The fraction of sp³-hybridized carbons (Fsp3) is 0.786. The summed E-state index contributed by atoms with van der Waals surface area (Å²) < 4.78 is 28.2. The summed E-state index contributed by atoms with van der Waals surface area (Å²) in [6.45, 7) is 2.26. The van der Waals surface area contributed by atoms with Crippen LogP contribution in [0.25, 0.3) is 0 Å². The van der Waals surface area contributed by atoms with E-state index in [0.717, 1.165) is 0 Å². The number of nitrogens with zero attached hydrogens (tertiary/aromatic N) is 3. The van der Waals surface area contributed by atoms with Gasteiger partial charge >= 0.3 is 0 Å². The summed E-state index contributed by atoms with van der Waals surface area (Å²) in [6, 6.07) is -0.578. The number of amides is 2. The molecule has 0 bridgehead atoms. The molecule has 0 aromatic rings. The summed E-state index contributed by atoms with van der Waals surface area (Å²) in [7, 11) is 0.107. The molecule has 0 spiro atoms. The van der Waals surface area contributed by atoms with Crippen LogP contribution < -0.4 is 0 Å². The van der Waals surface area contributed by atoms with E-state index in [2.05, 4.69) is 5.10 Å². The van der Waals surface area contributed by atoms with Crippen LogP contribution in [0, 0.1) is 0 Å². The highest BCUT2D eigenvalue weighted by Crippen LogP contribution is 2.22. The highest BCUT2D eigenvalue weighted by Gasteiger charge is 2.37. The van der Waals surface area contributed by atoms with E-state index in [1.807, 2.05) is 6.92 Å². The lowest BCUT2D eigenvalue weighted by atomic mass is 10.1. The third-order valence-electron chi connectivity index (χ3n) is 4.25. The van der Waals surface area contributed by atoms with Gasteiger partial charge in [0.1, 0.15) is 5.71 Å². The first-order valence-electron chi connectivity index (χ1n) is 7.61. The van der Waals surface area contributed by atoms with Crippen molar-refractivity contribution in [1.82, 2.24) is 9.91 Å². The van der Waals surface area contributed by atoms with Crippen LogP contribution in [-0.4, -0.2) is 80.2 Å². The highest BCUT2D eigenvalue weighted by atomic mass is 32.2. The molecule has 1 fully saturated rings. The van der Waals surface area contributed by atoms with Gasteiger partial charge in [0.15, 0.2) is 9.84 Å². The second-order valence-electron chi connectivity index (χ2n) is 6.06. The van der Waals surface area contributed by atoms with E-state index >= 15 is 0 Å². The first-order valence-corrected chi connectivity index (χ1v) is 9.43. The lowest BCUT2D eigenvalue weighted by Crippen LogP contribution is -2.46. The van der Waals surface area contributed by atoms with Gasteiger partial charge in [-0.15, -0.1) is 0 Å². The Balaban J connectivity index is 2.14. The number of ether oxygens (including phenoxy) is 1. The number of likely N-dealkylation sites (N-methyl/N-ethyl adjacent to an activating group) is 1. The van der Waals surface area contributed by atoms with Crippen LogP contribution >= 0.6 is 0 Å². The van der Waals surface area contributed by atoms with Gasteiger partial charge in [-0.25, -0.2) is 13.4 Å². The standard InChI is InChI=1S/C14H23N3O5S/c1-10(8-22-3)16(2)14(19)12-4-5-13(18)17(15-12)11-6-7-23(20,21)9-11/h10-11H,4-9H2,1-3H3/t10-,11+/m1/s1. The molecule has 130 valence electrons. The Kier molecular flexibility index (Phi) is 5.41. The van der Waals surface area contributed by atoms with Crippen LogP contribution in [0.3, 0.4) is 0 Å². The average molecular weight is 345 g/mol. The van der Waals surface area contributed by atoms with Crippen LogP contribution in [0.4, 0.5) is 0 Å². The smallest absolute Gasteiger partial charge is 0.270 e. The molecular weight excluding hydrogens is 322 g/mol. The molecule has 2 amide bonds. The molecule has 23 heavy (non-hydrogen) atoms. The molecule has 2 aliphatic heterocycles.